The zero-order valence-corrected chi connectivity index (χ0v) is 15.1. The van der Waals surface area contributed by atoms with Crippen molar-refractivity contribution in [2.24, 2.45) is 23.7 Å². The Morgan fingerprint density at radius 2 is 1.62 bits per heavy atom. The van der Waals surface area contributed by atoms with E-state index >= 15 is 0 Å². The average molecular weight is 374 g/mol. The van der Waals surface area contributed by atoms with Crippen LogP contribution in [0.15, 0.2) is 36.4 Å². The maximum atomic E-state index is 12.8. The molecule has 5 atom stereocenters. The predicted octanol–water partition coefficient (Wildman–Crippen LogP) is 3.00. The average Bonchev–Trinajstić information content (AvgIpc) is 2.91. The van der Waals surface area contributed by atoms with E-state index in [1.165, 1.54) is 4.90 Å². The fraction of sp³-hybridized carbons (Fsp3) is 0.421. The summed E-state index contributed by atoms with van der Waals surface area (Å²) in [7, 11) is 0. The van der Waals surface area contributed by atoms with E-state index in [1.54, 1.807) is 31.2 Å². The van der Waals surface area contributed by atoms with Gasteiger partial charge in [-0.3, -0.25) is 14.5 Å². The SMILES string of the molecule is C[C@H](NC(=O)Nc1ccc(Cl)cc1)N1C(=O)[C@@H]2[C@H](C1=O)[C@H]1C=C[C@H]2CC1. The molecule has 1 saturated carbocycles. The van der Waals surface area contributed by atoms with Crippen molar-refractivity contribution in [1.29, 1.82) is 0 Å². The molecular weight excluding hydrogens is 354 g/mol. The Morgan fingerprint density at radius 3 is 2.12 bits per heavy atom. The van der Waals surface area contributed by atoms with Crippen LogP contribution in [0.3, 0.4) is 0 Å². The molecule has 1 saturated heterocycles. The van der Waals surface area contributed by atoms with Crippen molar-refractivity contribution in [1.82, 2.24) is 10.2 Å². The van der Waals surface area contributed by atoms with Crippen LogP contribution in [0, 0.1) is 23.7 Å². The van der Waals surface area contributed by atoms with Gasteiger partial charge in [0.2, 0.25) is 11.8 Å². The van der Waals surface area contributed by atoms with Gasteiger partial charge in [-0.2, -0.15) is 0 Å². The van der Waals surface area contributed by atoms with Gasteiger partial charge in [0.05, 0.1) is 11.8 Å². The lowest BCUT2D eigenvalue weighted by molar-refractivity contribution is -0.142. The van der Waals surface area contributed by atoms with E-state index in [2.05, 4.69) is 22.8 Å². The normalized spacial score (nSPS) is 30.3. The lowest BCUT2D eigenvalue weighted by atomic mass is 9.63. The van der Waals surface area contributed by atoms with Gasteiger partial charge < -0.3 is 10.6 Å². The Balaban J connectivity index is 1.44. The molecule has 26 heavy (non-hydrogen) atoms. The number of imide groups is 1. The number of rotatable bonds is 3. The first-order valence-electron chi connectivity index (χ1n) is 8.84. The molecule has 1 aromatic rings. The Labute approximate surface area is 156 Å². The van der Waals surface area contributed by atoms with Crippen molar-refractivity contribution >= 4 is 35.1 Å². The van der Waals surface area contributed by atoms with E-state index in [-0.39, 0.29) is 35.5 Å². The first kappa shape index (κ1) is 17.1. The van der Waals surface area contributed by atoms with Crippen molar-refractivity contribution in [3.63, 3.8) is 0 Å². The van der Waals surface area contributed by atoms with Crippen LogP contribution in [-0.2, 0) is 9.59 Å². The Morgan fingerprint density at radius 1 is 1.08 bits per heavy atom. The number of fused-ring (bicyclic) bond motifs is 1. The molecule has 7 heteroatoms. The minimum atomic E-state index is -0.702. The fourth-order valence-corrected chi connectivity index (χ4v) is 4.56. The smallest absolute Gasteiger partial charge is 0.317 e. The molecule has 1 aromatic carbocycles. The number of amides is 4. The van der Waals surface area contributed by atoms with Crippen LogP contribution in [0.1, 0.15) is 19.8 Å². The molecule has 0 radical (unpaired) electrons. The molecule has 3 aliphatic carbocycles. The summed E-state index contributed by atoms with van der Waals surface area (Å²) in [6, 6.07) is 6.22. The fourth-order valence-electron chi connectivity index (χ4n) is 4.43. The number of benzene rings is 1. The van der Waals surface area contributed by atoms with Gasteiger partial charge >= 0.3 is 6.03 Å². The van der Waals surface area contributed by atoms with Crippen molar-refractivity contribution in [2.45, 2.75) is 25.9 Å². The molecule has 5 rings (SSSR count). The molecule has 4 aliphatic rings. The van der Waals surface area contributed by atoms with Crippen LogP contribution in [0.5, 0.6) is 0 Å². The second kappa shape index (κ2) is 6.43. The molecular formula is C19H20ClN3O3. The number of likely N-dealkylation sites (tertiary alicyclic amines) is 1. The maximum Gasteiger partial charge on any atom is 0.320 e. The number of carbonyl (C=O) groups excluding carboxylic acids is 3. The Kier molecular flexibility index (Phi) is 4.23. The van der Waals surface area contributed by atoms with E-state index in [0.29, 0.717) is 10.7 Å². The first-order valence-corrected chi connectivity index (χ1v) is 9.22. The molecule has 6 nitrogen and oxygen atoms in total. The summed E-state index contributed by atoms with van der Waals surface area (Å²) in [4.78, 5) is 39.1. The van der Waals surface area contributed by atoms with E-state index in [9.17, 15) is 14.4 Å². The largest absolute Gasteiger partial charge is 0.320 e. The second-order valence-electron chi connectivity index (χ2n) is 7.17. The summed E-state index contributed by atoms with van der Waals surface area (Å²) in [5, 5.41) is 5.93. The molecule has 0 spiro atoms. The Bertz CT molecular complexity index is 760. The van der Waals surface area contributed by atoms with Gasteiger partial charge in [0.25, 0.3) is 0 Å². The van der Waals surface area contributed by atoms with Crippen LogP contribution < -0.4 is 10.6 Å². The number of hydrogen-bond acceptors (Lipinski definition) is 3. The van der Waals surface area contributed by atoms with Gasteiger partial charge in [-0.25, -0.2) is 4.79 Å². The number of halogens is 1. The number of nitrogens with zero attached hydrogens (tertiary/aromatic N) is 1. The molecule has 2 fully saturated rings. The van der Waals surface area contributed by atoms with Gasteiger partial charge in [0.15, 0.2) is 0 Å². The van der Waals surface area contributed by atoms with E-state index in [0.717, 1.165) is 12.8 Å². The molecule has 1 heterocycles. The minimum absolute atomic E-state index is 0.140. The van der Waals surface area contributed by atoms with Gasteiger partial charge in [0, 0.05) is 10.7 Å². The summed E-state index contributed by atoms with van der Waals surface area (Å²) in [5.41, 5.74) is 0.578. The van der Waals surface area contributed by atoms with Crippen LogP contribution in [0.25, 0.3) is 0 Å². The number of hydrogen-bond donors (Lipinski definition) is 2. The summed E-state index contributed by atoms with van der Waals surface area (Å²) >= 11 is 5.82. The third kappa shape index (κ3) is 2.78. The third-order valence-electron chi connectivity index (χ3n) is 5.62. The number of carbonyl (C=O) groups is 3. The van der Waals surface area contributed by atoms with Crippen LogP contribution >= 0.6 is 11.6 Å². The van der Waals surface area contributed by atoms with Crippen molar-refractivity contribution < 1.29 is 14.4 Å². The second-order valence-corrected chi connectivity index (χ2v) is 7.61. The predicted molar refractivity (Wildman–Crippen MR) is 97.3 cm³/mol. The summed E-state index contributed by atoms with van der Waals surface area (Å²) in [5.74, 6) is -0.593. The number of allylic oxidation sites excluding steroid dienone is 2. The minimum Gasteiger partial charge on any atom is -0.317 e. The molecule has 136 valence electrons. The van der Waals surface area contributed by atoms with Gasteiger partial charge in [-0.05, 0) is 55.9 Å². The summed E-state index contributed by atoms with van der Waals surface area (Å²) in [6.45, 7) is 1.66. The van der Waals surface area contributed by atoms with Crippen LogP contribution in [-0.4, -0.2) is 28.9 Å². The van der Waals surface area contributed by atoms with Gasteiger partial charge in [0.1, 0.15) is 6.17 Å². The number of nitrogens with one attached hydrogen (secondary N) is 2. The highest BCUT2D eigenvalue weighted by Gasteiger charge is 2.57. The lowest BCUT2D eigenvalue weighted by Gasteiger charge is -2.38. The molecule has 0 unspecified atom stereocenters. The molecule has 1 aliphatic heterocycles. The van der Waals surface area contributed by atoms with Gasteiger partial charge in [-0.1, -0.05) is 23.8 Å². The molecule has 2 N–H and O–H groups in total. The summed E-state index contributed by atoms with van der Waals surface area (Å²) in [6.07, 6.45) is 5.36. The van der Waals surface area contributed by atoms with E-state index < -0.39 is 12.2 Å². The standard InChI is InChI=1S/C19H20ClN3O3/c1-10(21-19(26)22-14-8-6-13(20)7-9-14)23-17(24)15-11-2-3-12(5-4-11)16(15)18(23)25/h2-3,6-12,15-16H,4-5H2,1H3,(H2,21,22,26)/t10-,11+,12+,15-,16+/m1/s1. The third-order valence-corrected chi connectivity index (χ3v) is 5.87. The van der Waals surface area contributed by atoms with E-state index in [4.69, 9.17) is 11.6 Å². The van der Waals surface area contributed by atoms with Gasteiger partial charge in [-0.15, -0.1) is 0 Å². The van der Waals surface area contributed by atoms with Crippen LogP contribution in [0.4, 0.5) is 10.5 Å². The highest BCUT2D eigenvalue weighted by molar-refractivity contribution is 6.30. The highest BCUT2D eigenvalue weighted by atomic mass is 35.5. The first-order chi connectivity index (χ1) is 12.5. The molecule has 2 bridgehead atoms. The van der Waals surface area contributed by atoms with Crippen molar-refractivity contribution in [3.8, 4) is 0 Å². The van der Waals surface area contributed by atoms with Crippen LogP contribution in [0.2, 0.25) is 5.02 Å². The topological polar surface area (TPSA) is 78.5 Å². The molecule has 4 amide bonds. The molecule has 0 aromatic heterocycles. The lowest BCUT2D eigenvalue weighted by Crippen LogP contribution is -2.50. The summed E-state index contributed by atoms with van der Waals surface area (Å²) < 4.78 is 0. The zero-order chi connectivity index (χ0) is 18.4. The zero-order valence-electron chi connectivity index (χ0n) is 14.3. The van der Waals surface area contributed by atoms with Crippen molar-refractivity contribution in [2.75, 3.05) is 5.32 Å². The number of anilines is 1. The Hall–Kier alpha value is -2.34. The van der Waals surface area contributed by atoms with Crippen molar-refractivity contribution in [3.05, 3.63) is 41.4 Å². The quantitative estimate of drug-likeness (QED) is 0.631. The monoisotopic (exact) mass is 373 g/mol. The number of urea groups is 1. The highest BCUT2D eigenvalue weighted by Crippen LogP contribution is 2.49. The van der Waals surface area contributed by atoms with E-state index in [1.807, 2.05) is 0 Å². The maximum absolute atomic E-state index is 12.8.